The zero-order valence-corrected chi connectivity index (χ0v) is 13.3. The van der Waals surface area contributed by atoms with Gasteiger partial charge in [-0.05, 0) is 25.0 Å². The third-order valence-corrected chi connectivity index (χ3v) is 3.47. The molecule has 1 aromatic heterocycles. The molecule has 6 nitrogen and oxygen atoms in total. The van der Waals surface area contributed by atoms with E-state index in [0.29, 0.717) is 19.7 Å². The fraction of sp³-hybridized carbons (Fsp3) is 0.500. The van der Waals surface area contributed by atoms with Crippen LogP contribution in [0.5, 0.6) is 0 Å². The maximum atomic E-state index is 11.8. The molecule has 120 valence electrons. The number of urea groups is 1. The van der Waals surface area contributed by atoms with Gasteiger partial charge in [0.2, 0.25) is 0 Å². The van der Waals surface area contributed by atoms with Gasteiger partial charge >= 0.3 is 6.03 Å². The standard InChI is InChI=1S/C16H24N4O2/c1-20(2)15-5-3-4-14(19-15)12-18-16(21)17-9-6-13-7-10-22-11-8-13/h3-5,7H,6,8-12H2,1-2H3,(H2,17,18,21). The maximum absolute atomic E-state index is 11.8. The van der Waals surface area contributed by atoms with Crippen molar-refractivity contribution in [1.82, 2.24) is 15.6 Å². The molecule has 2 N–H and O–H groups in total. The van der Waals surface area contributed by atoms with Crippen molar-refractivity contribution in [2.45, 2.75) is 19.4 Å². The number of pyridine rings is 1. The molecule has 0 aliphatic carbocycles. The number of nitrogens with one attached hydrogen (secondary N) is 2. The van der Waals surface area contributed by atoms with Crippen molar-refractivity contribution in [3.05, 3.63) is 35.5 Å². The van der Waals surface area contributed by atoms with Crippen molar-refractivity contribution >= 4 is 11.8 Å². The summed E-state index contributed by atoms with van der Waals surface area (Å²) in [7, 11) is 3.88. The van der Waals surface area contributed by atoms with Crippen LogP contribution in [0.15, 0.2) is 29.8 Å². The first-order valence-electron chi connectivity index (χ1n) is 7.56. The molecule has 22 heavy (non-hydrogen) atoms. The van der Waals surface area contributed by atoms with E-state index in [-0.39, 0.29) is 6.03 Å². The maximum Gasteiger partial charge on any atom is 0.315 e. The first-order chi connectivity index (χ1) is 10.6. The number of amides is 2. The first kappa shape index (κ1) is 16.3. The van der Waals surface area contributed by atoms with Crippen molar-refractivity contribution in [3.8, 4) is 0 Å². The summed E-state index contributed by atoms with van der Waals surface area (Å²) >= 11 is 0. The second-order valence-electron chi connectivity index (χ2n) is 5.43. The third-order valence-electron chi connectivity index (χ3n) is 3.47. The summed E-state index contributed by atoms with van der Waals surface area (Å²) < 4.78 is 5.25. The van der Waals surface area contributed by atoms with Crippen molar-refractivity contribution in [1.29, 1.82) is 0 Å². The van der Waals surface area contributed by atoms with Crippen LogP contribution in [0.1, 0.15) is 18.5 Å². The number of hydrogen-bond donors (Lipinski definition) is 2. The minimum absolute atomic E-state index is 0.162. The van der Waals surface area contributed by atoms with E-state index in [1.165, 1.54) is 5.57 Å². The summed E-state index contributed by atoms with van der Waals surface area (Å²) in [6.45, 7) is 2.54. The van der Waals surface area contributed by atoms with Gasteiger partial charge in [-0.1, -0.05) is 17.7 Å². The normalized spacial score (nSPS) is 14.2. The minimum Gasteiger partial charge on any atom is -0.377 e. The lowest BCUT2D eigenvalue weighted by molar-refractivity contribution is 0.153. The highest BCUT2D eigenvalue weighted by Crippen LogP contribution is 2.10. The predicted molar refractivity (Wildman–Crippen MR) is 86.9 cm³/mol. The molecule has 1 aliphatic heterocycles. The fourth-order valence-electron chi connectivity index (χ4n) is 2.18. The van der Waals surface area contributed by atoms with Gasteiger partial charge in [0.15, 0.2) is 0 Å². The SMILES string of the molecule is CN(C)c1cccc(CNC(=O)NCCC2=CCOCC2)n1. The van der Waals surface area contributed by atoms with Crippen LogP contribution in [0.3, 0.4) is 0 Å². The van der Waals surface area contributed by atoms with Crippen LogP contribution < -0.4 is 15.5 Å². The molecule has 1 aliphatic rings. The molecule has 0 fully saturated rings. The Bertz CT molecular complexity index is 529. The van der Waals surface area contributed by atoms with Gasteiger partial charge in [0.05, 0.1) is 25.5 Å². The second kappa shape index (κ2) is 8.38. The molecule has 0 saturated heterocycles. The molecule has 2 heterocycles. The highest BCUT2D eigenvalue weighted by atomic mass is 16.5. The van der Waals surface area contributed by atoms with Crippen LogP contribution in [0.4, 0.5) is 10.6 Å². The Morgan fingerprint density at radius 2 is 2.23 bits per heavy atom. The first-order valence-corrected chi connectivity index (χ1v) is 7.56. The van der Waals surface area contributed by atoms with Crippen molar-refractivity contribution in [2.24, 2.45) is 0 Å². The van der Waals surface area contributed by atoms with Crippen LogP contribution in [-0.4, -0.2) is 44.9 Å². The number of ether oxygens (including phenoxy) is 1. The lowest BCUT2D eigenvalue weighted by Gasteiger charge is -2.14. The second-order valence-corrected chi connectivity index (χ2v) is 5.43. The molecule has 0 aromatic carbocycles. The molecular formula is C16H24N4O2. The van der Waals surface area contributed by atoms with Gasteiger partial charge in [0.1, 0.15) is 5.82 Å². The number of nitrogens with zero attached hydrogens (tertiary/aromatic N) is 2. The van der Waals surface area contributed by atoms with Crippen molar-refractivity contribution < 1.29 is 9.53 Å². The molecule has 2 rings (SSSR count). The summed E-state index contributed by atoms with van der Waals surface area (Å²) in [6.07, 6.45) is 3.94. The number of carbonyl (C=O) groups is 1. The molecule has 0 bridgehead atoms. The molecule has 0 saturated carbocycles. The molecule has 0 unspecified atom stereocenters. The van der Waals surface area contributed by atoms with Crippen LogP contribution in [0, 0.1) is 0 Å². The molecule has 2 amide bonds. The van der Waals surface area contributed by atoms with Crippen molar-refractivity contribution in [3.63, 3.8) is 0 Å². The zero-order chi connectivity index (χ0) is 15.8. The molecule has 1 aromatic rings. The number of rotatable bonds is 6. The number of carbonyl (C=O) groups excluding carboxylic acids is 1. The number of anilines is 1. The summed E-state index contributed by atoms with van der Waals surface area (Å²) in [6, 6.07) is 5.62. The largest absolute Gasteiger partial charge is 0.377 e. The highest BCUT2D eigenvalue weighted by molar-refractivity contribution is 5.73. The molecular weight excluding hydrogens is 280 g/mol. The number of hydrogen-bond acceptors (Lipinski definition) is 4. The average molecular weight is 304 g/mol. The van der Waals surface area contributed by atoms with Crippen LogP contribution in [0.2, 0.25) is 0 Å². The topological polar surface area (TPSA) is 66.5 Å². The van der Waals surface area contributed by atoms with Gasteiger partial charge in [-0.3, -0.25) is 0 Å². The lowest BCUT2D eigenvalue weighted by atomic mass is 10.1. The Morgan fingerprint density at radius 3 is 2.95 bits per heavy atom. The van der Waals surface area contributed by atoms with E-state index < -0.39 is 0 Å². The van der Waals surface area contributed by atoms with Crippen molar-refractivity contribution in [2.75, 3.05) is 38.8 Å². The fourth-order valence-corrected chi connectivity index (χ4v) is 2.18. The summed E-state index contributed by atoms with van der Waals surface area (Å²) in [5, 5.41) is 5.70. The third kappa shape index (κ3) is 5.37. The molecule has 0 atom stereocenters. The Morgan fingerprint density at radius 1 is 1.36 bits per heavy atom. The van der Waals surface area contributed by atoms with E-state index in [0.717, 1.165) is 31.0 Å². The molecule has 0 radical (unpaired) electrons. The minimum atomic E-state index is -0.162. The summed E-state index contributed by atoms with van der Waals surface area (Å²) in [5.41, 5.74) is 2.19. The van der Waals surface area contributed by atoms with E-state index in [4.69, 9.17) is 4.74 Å². The van der Waals surface area contributed by atoms with Crippen LogP contribution in [0.25, 0.3) is 0 Å². The van der Waals surface area contributed by atoms with Crippen LogP contribution in [-0.2, 0) is 11.3 Å². The monoisotopic (exact) mass is 304 g/mol. The Kier molecular flexibility index (Phi) is 6.21. The Labute approximate surface area is 131 Å². The quantitative estimate of drug-likeness (QED) is 0.785. The smallest absolute Gasteiger partial charge is 0.315 e. The van der Waals surface area contributed by atoms with Gasteiger partial charge in [0, 0.05) is 20.6 Å². The highest BCUT2D eigenvalue weighted by Gasteiger charge is 2.06. The van der Waals surface area contributed by atoms with Gasteiger partial charge in [-0.15, -0.1) is 0 Å². The number of aromatic nitrogens is 1. The van der Waals surface area contributed by atoms with E-state index in [1.807, 2.05) is 37.2 Å². The predicted octanol–water partition coefficient (Wildman–Crippen LogP) is 1.68. The summed E-state index contributed by atoms with van der Waals surface area (Å²) in [5.74, 6) is 0.881. The lowest BCUT2D eigenvalue weighted by Crippen LogP contribution is -2.36. The van der Waals surface area contributed by atoms with Gasteiger partial charge < -0.3 is 20.3 Å². The molecule has 6 heteroatoms. The summed E-state index contributed by atoms with van der Waals surface area (Å²) in [4.78, 5) is 18.2. The van der Waals surface area contributed by atoms with Crippen LogP contribution >= 0.6 is 0 Å². The van der Waals surface area contributed by atoms with Gasteiger partial charge in [0.25, 0.3) is 0 Å². The van der Waals surface area contributed by atoms with Gasteiger partial charge in [-0.25, -0.2) is 9.78 Å². The van der Waals surface area contributed by atoms with E-state index in [9.17, 15) is 4.79 Å². The van der Waals surface area contributed by atoms with Gasteiger partial charge in [-0.2, -0.15) is 0 Å². The Hall–Kier alpha value is -2.08. The average Bonchev–Trinajstić information content (AvgIpc) is 2.54. The van der Waals surface area contributed by atoms with E-state index >= 15 is 0 Å². The van der Waals surface area contributed by atoms with E-state index in [1.54, 1.807) is 0 Å². The molecule has 0 spiro atoms. The Balaban J connectivity index is 1.69. The van der Waals surface area contributed by atoms with E-state index in [2.05, 4.69) is 21.7 Å². The zero-order valence-electron chi connectivity index (χ0n) is 13.3.